The molecular weight excluding hydrogens is 244 g/mol. The molecule has 17 heavy (non-hydrogen) atoms. The molecule has 90 valence electrons. The average Bonchev–Trinajstić information content (AvgIpc) is 2.95. The number of rotatable bonds is 3. The lowest BCUT2D eigenvalue weighted by Gasteiger charge is -2.12. The summed E-state index contributed by atoms with van der Waals surface area (Å²) in [4.78, 5) is 22.0. The molecule has 0 aliphatic heterocycles. The molecule has 1 fully saturated rings. The molecule has 5 nitrogen and oxygen atoms in total. The highest BCUT2D eigenvalue weighted by Gasteiger charge is 2.39. The lowest BCUT2D eigenvalue weighted by Crippen LogP contribution is -2.34. The molecule has 1 aliphatic carbocycles. The van der Waals surface area contributed by atoms with Gasteiger partial charge in [-0.2, -0.15) is 0 Å². The van der Waals surface area contributed by atoms with Crippen LogP contribution >= 0.6 is 11.6 Å². The molecule has 0 aromatic heterocycles. The summed E-state index contributed by atoms with van der Waals surface area (Å²) in [7, 11) is 0. The minimum Gasteiger partial charge on any atom is -0.347 e. The van der Waals surface area contributed by atoms with E-state index in [-0.39, 0.29) is 27.7 Å². The first-order valence-electron chi connectivity index (χ1n) is 5.18. The van der Waals surface area contributed by atoms with Crippen LogP contribution in [-0.2, 0) is 0 Å². The van der Waals surface area contributed by atoms with Gasteiger partial charge < -0.3 is 5.32 Å². The molecule has 1 aromatic carbocycles. The fraction of sp³-hybridized carbons (Fsp3) is 0.364. The van der Waals surface area contributed by atoms with Crippen LogP contribution < -0.4 is 5.32 Å². The smallest absolute Gasteiger partial charge is 0.288 e. The summed E-state index contributed by atoms with van der Waals surface area (Å²) in [5.74, 6) is -0.362. The maximum atomic E-state index is 11.9. The Kier molecular flexibility index (Phi) is 2.79. The van der Waals surface area contributed by atoms with Gasteiger partial charge in [-0.15, -0.1) is 0 Å². The van der Waals surface area contributed by atoms with Crippen LogP contribution in [0.15, 0.2) is 18.2 Å². The molecule has 0 heterocycles. The van der Waals surface area contributed by atoms with Gasteiger partial charge in [0, 0.05) is 11.6 Å². The highest BCUT2D eigenvalue weighted by Crippen LogP contribution is 2.35. The summed E-state index contributed by atoms with van der Waals surface area (Å²) in [5, 5.41) is 13.4. The predicted octanol–water partition coefficient (Wildman–Crippen LogP) is 2.53. The number of carbonyl (C=O) groups is 1. The molecule has 6 heteroatoms. The van der Waals surface area contributed by atoms with Crippen molar-refractivity contribution in [1.82, 2.24) is 5.32 Å². The Labute approximate surface area is 103 Å². The van der Waals surface area contributed by atoms with E-state index < -0.39 is 4.92 Å². The zero-order chi connectivity index (χ0) is 12.6. The van der Waals surface area contributed by atoms with Crippen molar-refractivity contribution in [3.05, 3.63) is 38.9 Å². The van der Waals surface area contributed by atoms with Gasteiger partial charge >= 0.3 is 0 Å². The van der Waals surface area contributed by atoms with E-state index in [0.717, 1.165) is 12.8 Å². The van der Waals surface area contributed by atoms with Crippen LogP contribution in [0.2, 0.25) is 5.02 Å². The third kappa shape index (κ3) is 2.39. The first-order valence-corrected chi connectivity index (χ1v) is 5.56. The third-order valence-corrected chi connectivity index (χ3v) is 3.23. The number of amides is 1. The van der Waals surface area contributed by atoms with Crippen molar-refractivity contribution in [2.24, 2.45) is 0 Å². The van der Waals surface area contributed by atoms with E-state index in [4.69, 9.17) is 11.6 Å². The van der Waals surface area contributed by atoms with Gasteiger partial charge in [0.15, 0.2) is 0 Å². The minimum absolute atomic E-state index is 0.112. The Morgan fingerprint density at radius 2 is 2.18 bits per heavy atom. The van der Waals surface area contributed by atoms with Gasteiger partial charge in [-0.25, -0.2) is 0 Å². The standard InChI is InChI=1S/C11H11ClN2O3/c1-11(5-6-11)13-10(15)7-3-2-4-8(9(7)12)14(16)17/h2-4H,5-6H2,1H3,(H,13,15). The highest BCUT2D eigenvalue weighted by atomic mass is 35.5. The Hall–Kier alpha value is -1.62. The number of carbonyl (C=O) groups excluding carboxylic acids is 1. The lowest BCUT2D eigenvalue weighted by molar-refractivity contribution is -0.384. The number of nitro groups is 1. The SMILES string of the molecule is CC1(NC(=O)c2cccc([N+](=O)[O-])c2Cl)CC1. The van der Waals surface area contributed by atoms with Crippen molar-refractivity contribution in [1.29, 1.82) is 0 Å². The van der Waals surface area contributed by atoms with Crippen LogP contribution in [0.4, 0.5) is 5.69 Å². The predicted molar refractivity (Wildman–Crippen MR) is 63.2 cm³/mol. The number of halogens is 1. The van der Waals surface area contributed by atoms with Gasteiger partial charge in [0.1, 0.15) is 5.02 Å². The summed E-state index contributed by atoms with van der Waals surface area (Å²) in [6.45, 7) is 1.93. The molecule has 1 N–H and O–H groups in total. The lowest BCUT2D eigenvalue weighted by atomic mass is 10.1. The highest BCUT2D eigenvalue weighted by molar-refractivity contribution is 6.35. The Morgan fingerprint density at radius 3 is 2.71 bits per heavy atom. The van der Waals surface area contributed by atoms with Gasteiger partial charge in [-0.1, -0.05) is 17.7 Å². The van der Waals surface area contributed by atoms with Crippen molar-refractivity contribution < 1.29 is 9.72 Å². The van der Waals surface area contributed by atoms with Crippen LogP contribution in [0.3, 0.4) is 0 Å². The third-order valence-electron chi connectivity index (χ3n) is 2.83. The molecule has 0 unspecified atom stereocenters. The van der Waals surface area contributed by atoms with Gasteiger partial charge in [0.05, 0.1) is 10.5 Å². The fourth-order valence-corrected chi connectivity index (χ4v) is 1.77. The van der Waals surface area contributed by atoms with Crippen LogP contribution in [0.1, 0.15) is 30.1 Å². The first kappa shape index (κ1) is 11.9. The van der Waals surface area contributed by atoms with Crippen molar-refractivity contribution >= 4 is 23.2 Å². The average molecular weight is 255 g/mol. The zero-order valence-electron chi connectivity index (χ0n) is 9.20. The number of hydrogen-bond donors (Lipinski definition) is 1. The molecule has 0 saturated heterocycles. The molecule has 0 atom stereocenters. The number of nitro benzene ring substituents is 1. The van der Waals surface area contributed by atoms with E-state index in [1.807, 2.05) is 6.92 Å². The molecule has 0 spiro atoms. The molecular formula is C11H11ClN2O3. The number of benzene rings is 1. The van der Waals surface area contributed by atoms with Crippen LogP contribution in [0, 0.1) is 10.1 Å². The fourth-order valence-electron chi connectivity index (χ4n) is 1.49. The Morgan fingerprint density at radius 1 is 1.53 bits per heavy atom. The van der Waals surface area contributed by atoms with Crippen LogP contribution in [0.25, 0.3) is 0 Å². The van der Waals surface area contributed by atoms with E-state index in [1.165, 1.54) is 18.2 Å². The molecule has 1 aliphatic rings. The largest absolute Gasteiger partial charge is 0.347 e. The number of hydrogen-bond acceptors (Lipinski definition) is 3. The van der Waals surface area contributed by atoms with E-state index in [9.17, 15) is 14.9 Å². The minimum atomic E-state index is -0.599. The van der Waals surface area contributed by atoms with Gasteiger partial charge in [-0.05, 0) is 25.8 Å². The van der Waals surface area contributed by atoms with Crippen molar-refractivity contribution in [2.45, 2.75) is 25.3 Å². The van der Waals surface area contributed by atoms with Crippen molar-refractivity contribution in [2.75, 3.05) is 0 Å². The van der Waals surface area contributed by atoms with Gasteiger partial charge in [0.25, 0.3) is 11.6 Å². The van der Waals surface area contributed by atoms with Gasteiger partial charge in [0.2, 0.25) is 0 Å². The second-order valence-electron chi connectivity index (χ2n) is 4.41. The molecule has 1 amide bonds. The van der Waals surface area contributed by atoms with Gasteiger partial charge in [-0.3, -0.25) is 14.9 Å². The van der Waals surface area contributed by atoms with E-state index in [0.29, 0.717) is 0 Å². The molecule has 0 bridgehead atoms. The zero-order valence-corrected chi connectivity index (χ0v) is 9.95. The van der Waals surface area contributed by atoms with Crippen LogP contribution in [-0.4, -0.2) is 16.4 Å². The molecule has 1 saturated carbocycles. The maximum absolute atomic E-state index is 11.9. The molecule has 2 rings (SSSR count). The Bertz CT molecular complexity index is 497. The van der Waals surface area contributed by atoms with E-state index in [2.05, 4.69) is 5.32 Å². The first-order chi connectivity index (χ1) is 7.93. The summed E-state index contributed by atoms with van der Waals surface area (Å²) in [6, 6.07) is 4.21. The van der Waals surface area contributed by atoms with Crippen LogP contribution in [0.5, 0.6) is 0 Å². The van der Waals surface area contributed by atoms with Crippen molar-refractivity contribution in [3.63, 3.8) is 0 Å². The monoisotopic (exact) mass is 254 g/mol. The number of nitrogens with one attached hydrogen (secondary N) is 1. The summed E-state index contributed by atoms with van der Waals surface area (Å²) >= 11 is 5.85. The number of nitrogens with zero attached hydrogens (tertiary/aromatic N) is 1. The molecule has 0 radical (unpaired) electrons. The summed E-state index contributed by atoms with van der Waals surface area (Å²) in [5.41, 5.74) is -0.278. The van der Waals surface area contributed by atoms with E-state index >= 15 is 0 Å². The molecule has 1 aromatic rings. The van der Waals surface area contributed by atoms with Crippen molar-refractivity contribution in [3.8, 4) is 0 Å². The Balaban J connectivity index is 2.29. The summed E-state index contributed by atoms with van der Waals surface area (Å²) in [6.07, 6.45) is 1.84. The maximum Gasteiger partial charge on any atom is 0.288 e. The van der Waals surface area contributed by atoms with E-state index in [1.54, 1.807) is 0 Å². The second-order valence-corrected chi connectivity index (χ2v) is 4.79. The second kappa shape index (κ2) is 4.00. The normalized spacial score (nSPS) is 16.4. The topological polar surface area (TPSA) is 72.2 Å². The quantitative estimate of drug-likeness (QED) is 0.665. The summed E-state index contributed by atoms with van der Waals surface area (Å²) < 4.78 is 0.